The number of nitrogens with zero attached hydrogens (tertiary/aromatic N) is 1. The number of methoxy groups -OCH3 is 1. The van der Waals surface area contributed by atoms with Crippen molar-refractivity contribution in [3.8, 4) is 23.0 Å². The zero-order chi connectivity index (χ0) is 24.3. The number of benzene rings is 3. The molecule has 0 aromatic heterocycles. The summed E-state index contributed by atoms with van der Waals surface area (Å²) in [6, 6.07) is 19.0. The lowest BCUT2D eigenvalue weighted by molar-refractivity contribution is -0.123. The largest absolute Gasteiger partial charge is 0.497 e. The lowest BCUT2D eigenvalue weighted by atomic mass is 10.2. The van der Waals surface area contributed by atoms with Crippen molar-refractivity contribution < 1.29 is 28.5 Å². The van der Waals surface area contributed by atoms with E-state index in [0.717, 1.165) is 5.56 Å². The Kier molecular flexibility index (Phi) is 8.62. The minimum absolute atomic E-state index is 0.160. The third-order valence-corrected chi connectivity index (χ3v) is 4.65. The molecule has 0 aliphatic rings. The standard InChI is InChI=1S/C26H26N2O6/c1-4-32-24-15-19(16-27-28-25(29)17-33-22-8-6-5-7-18(22)2)9-14-23(24)34-26(30)20-10-12-21(31-3)13-11-20/h5-16H,4,17H2,1-3H3,(H,28,29). The minimum atomic E-state index is -0.522. The molecule has 34 heavy (non-hydrogen) atoms. The van der Waals surface area contributed by atoms with Crippen LogP contribution >= 0.6 is 0 Å². The molecule has 0 atom stereocenters. The van der Waals surface area contributed by atoms with Gasteiger partial charge < -0.3 is 18.9 Å². The van der Waals surface area contributed by atoms with Crippen molar-refractivity contribution in [2.45, 2.75) is 13.8 Å². The summed E-state index contributed by atoms with van der Waals surface area (Å²) in [6.07, 6.45) is 1.46. The van der Waals surface area contributed by atoms with E-state index < -0.39 is 11.9 Å². The van der Waals surface area contributed by atoms with Gasteiger partial charge in [0.25, 0.3) is 5.91 Å². The monoisotopic (exact) mass is 462 g/mol. The highest BCUT2D eigenvalue weighted by molar-refractivity contribution is 5.92. The van der Waals surface area contributed by atoms with E-state index >= 15 is 0 Å². The van der Waals surface area contributed by atoms with Crippen LogP contribution in [0.15, 0.2) is 71.8 Å². The van der Waals surface area contributed by atoms with E-state index in [2.05, 4.69) is 10.5 Å². The molecule has 0 saturated heterocycles. The fourth-order valence-corrected chi connectivity index (χ4v) is 2.92. The Balaban J connectivity index is 1.60. The van der Waals surface area contributed by atoms with Gasteiger partial charge >= 0.3 is 5.97 Å². The first kappa shape index (κ1) is 24.3. The van der Waals surface area contributed by atoms with Gasteiger partial charge in [0.1, 0.15) is 11.5 Å². The van der Waals surface area contributed by atoms with Crippen molar-refractivity contribution in [1.29, 1.82) is 0 Å². The number of hydrazone groups is 1. The predicted octanol–water partition coefficient (Wildman–Crippen LogP) is 4.15. The summed E-state index contributed by atoms with van der Waals surface area (Å²) in [4.78, 5) is 24.5. The van der Waals surface area contributed by atoms with E-state index in [-0.39, 0.29) is 12.4 Å². The molecule has 0 saturated carbocycles. The Hall–Kier alpha value is -4.33. The first-order valence-electron chi connectivity index (χ1n) is 10.6. The summed E-state index contributed by atoms with van der Waals surface area (Å²) in [5, 5.41) is 3.95. The third kappa shape index (κ3) is 6.83. The third-order valence-electron chi connectivity index (χ3n) is 4.65. The van der Waals surface area contributed by atoms with Crippen molar-refractivity contribution in [2.75, 3.05) is 20.3 Å². The molecule has 8 heteroatoms. The minimum Gasteiger partial charge on any atom is -0.497 e. The normalized spacial score (nSPS) is 10.6. The highest BCUT2D eigenvalue weighted by Gasteiger charge is 2.13. The molecule has 0 radical (unpaired) electrons. The number of ether oxygens (including phenoxy) is 4. The second kappa shape index (κ2) is 12.1. The Bertz CT molecular complexity index is 1160. The number of amides is 1. The summed E-state index contributed by atoms with van der Waals surface area (Å²) in [6.45, 7) is 3.94. The average Bonchev–Trinajstić information content (AvgIpc) is 2.85. The second-order valence-electron chi connectivity index (χ2n) is 7.10. The molecule has 0 aliphatic carbocycles. The Labute approximate surface area is 198 Å². The van der Waals surface area contributed by atoms with Crippen LogP contribution in [0.25, 0.3) is 0 Å². The molecule has 0 heterocycles. The van der Waals surface area contributed by atoms with Gasteiger partial charge in [-0.2, -0.15) is 5.10 Å². The van der Waals surface area contributed by atoms with Gasteiger partial charge in [0, 0.05) is 0 Å². The van der Waals surface area contributed by atoms with Crippen LogP contribution in [0.3, 0.4) is 0 Å². The molecule has 3 rings (SSSR count). The number of carbonyl (C=O) groups is 2. The molecule has 0 unspecified atom stereocenters. The van der Waals surface area contributed by atoms with Crippen LogP contribution < -0.4 is 24.4 Å². The number of carbonyl (C=O) groups excluding carboxylic acids is 2. The van der Waals surface area contributed by atoms with E-state index in [4.69, 9.17) is 18.9 Å². The smallest absolute Gasteiger partial charge is 0.343 e. The van der Waals surface area contributed by atoms with Gasteiger partial charge in [-0.05, 0) is 73.5 Å². The summed E-state index contributed by atoms with van der Waals surface area (Å²) in [7, 11) is 1.55. The Morgan fingerprint density at radius 1 is 0.941 bits per heavy atom. The molecule has 0 spiro atoms. The van der Waals surface area contributed by atoms with Crippen LogP contribution in [0.1, 0.15) is 28.4 Å². The van der Waals surface area contributed by atoms with Crippen molar-refractivity contribution in [1.82, 2.24) is 5.43 Å². The van der Waals surface area contributed by atoms with E-state index in [1.54, 1.807) is 55.6 Å². The van der Waals surface area contributed by atoms with Crippen molar-refractivity contribution in [2.24, 2.45) is 5.10 Å². The maximum Gasteiger partial charge on any atom is 0.343 e. The lowest BCUT2D eigenvalue weighted by Gasteiger charge is -2.11. The number of hydrogen-bond acceptors (Lipinski definition) is 7. The molecule has 3 aromatic rings. The quantitative estimate of drug-likeness (QED) is 0.211. The number of hydrogen-bond donors (Lipinski definition) is 1. The van der Waals surface area contributed by atoms with E-state index in [1.807, 2.05) is 32.0 Å². The Morgan fingerprint density at radius 2 is 1.71 bits per heavy atom. The summed E-state index contributed by atoms with van der Waals surface area (Å²) in [5.74, 6) is 1.02. The van der Waals surface area contributed by atoms with Gasteiger partial charge in [-0.1, -0.05) is 18.2 Å². The maximum atomic E-state index is 12.5. The predicted molar refractivity (Wildman–Crippen MR) is 128 cm³/mol. The van der Waals surface area contributed by atoms with Gasteiger partial charge in [0.2, 0.25) is 0 Å². The number of nitrogens with one attached hydrogen (secondary N) is 1. The number of aryl methyl sites for hydroxylation is 1. The number of rotatable bonds is 10. The summed E-state index contributed by atoms with van der Waals surface area (Å²) >= 11 is 0. The molecule has 3 aromatic carbocycles. The van der Waals surface area contributed by atoms with Gasteiger partial charge in [-0.3, -0.25) is 4.79 Å². The highest BCUT2D eigenvalue weighted by Crippen LogP contribution is 2.29. The molecule has 1 N–H and O–H groups in total. The van der Waals surface area contributed by atoms with E-state index in [9.17, 15) is 9.59 Å². The van der Waals surface area contributed by atoms with Gasteiger partial charge in [0.05, 0.1) is 25.5 Å². The second-order valence-corrected chi connectivity index (χ2v) is 7.10. The number of para-hydroxylation sites is 1. The highest BCUT2D eigenvalue weighted by atomic mass is 16.6. The SMILES string of the molecule is CCOc1cc(C=NNC(=O)COc2ccccc2C)ccc1OC(=O)c1ccc(OC)cc1. The topological polar surface area (TPSA) is 95.5 Å². The summed E-state index contributed by atoms with van der Waals surface area (Å²) < 4.78 is 21.7. The zero-order valence-corrected chi connectivity index (χ0v) is 19.2. The average molecular weight is 463 g/mol. The lowest BCUT2D eigenvalue weighted by Crippen LogP contribution is -2.24. The van der Waals surface area contributed by atoms with E-state index in [0.29, 0.717) is 35.0 Å². The molecule has 0 bridgehead atoms. The number of esters is 1. The van der Waals surface area contributed by atoms with Crippen LogP contribution in [0.2, 0.25) is 0 Å². The first-order valence-corrected chi connectivity index (χ1v) is 10.6. The van der Waals surface area contributed by atoms with Crippen molar-refractivity contribution in [3.05, 3.63) is 83.4 Å². The van der Waals surface area contributed by atoms with Gasteiger partial charge in [-0.25, -0.2) is 10.2 Å². The summed E-state index contributed by atoms with van der Waals surface area (Å²) in [5.41, 5.74) is 4.38. The molecule has 0 fully saturated rings. The fourth-order valence-electron chi connectivity index (χ4n) is 2.92. The van der Waals surface area contributed by atoms with Crippen LogP contribution in [0.4, 0.5) is 0 Å². The van der Waals surface area contributed by atoms with Crippen LogP contribution in [0, 0.1) is 6.92 Å². The first-order chi connectivity index (χ1) is 16.5. The molecule has 176 valence electrons. The molecular formula is C26H26N2O6. The Morgan fingerprint density at radius 3 is 2.41 bits per heavy atom. The van der Waals surface area contributed by atoms with Crippen LogP contribution in [-0.2, 0) is 4.79 Å². The maximum absolute atomic E-state index is 12.5. The van der Waals surface area contributed by atoms with E-state index in [1.165, 1.54) is 6.21 Å². The van der Waals surface area contributed by atoms with Crippen LogP contribution in [-0.4, -0.2) is 38.4 Å². The molecular weight excluding hydrogens is 436 g/mol. The molecule has 8 nitrogen and oxygen atoms in total. The van der Waals surface area contributed by atoms with Gasteiger partial charge in [-0.15, -0.1) is 0 Å². The van der Waals surface area contributed by atoms with Crippen LogP contribution in [0.5, 0.6) is 23.0 Å². The van der Waals surface area contributed by atoms with Crippen molar-refractivity contribution in [3.63, 3.8) is 0 Å². The zero-order valence-electron chi connectivity index (χ0n) is 19.2. The molecule has 1 amide bonds. The van der Waals surface area contributed by atoms with Crippen molar-refractivity contribution >= 4 is 18.1 Å². The molecule has 0 aliphatic heterocycles. The van der Waals surface area contributed by atoms with Gasteiger partial charge in [0.15, 0.2) is 18.1 Å². The fraction of sp³-hybridized carbons (Fsp3) is 0.192.